The number of hydrogen-bond acceptors (Lipinski definition) is 3. The predicted molar refractivity (Wildman–Crippen MR) is 78.4 cm³/mol. The third-order valence-electron chi connectivity index (χ3n) is 3.02. The molecule has 1 aliphatic rings. The molecular formula is C13H17ClN2O3S. The first-order chi connectivity index (χ1) is 9.29. The Labute approximate surface area is 123 Å². The van der Waals surface area contributed by atoms with E-state index in [0.29, 0.717) is 25.1 Å². The number of nitrogens with one attached hydrogen (secondary N) is 2. The summed E-state index contributed by atoms with van der Waals surface area (Å²) in [6.07, 6.45) is 0.834. The fraction of sp³-hybridized carbons (Fsp3) is 0.462. The van der Waals surface area contributed by atoms with Gasteiger partial charge in [0, 0.05) is 13.0 Å². The number of carbonyl (C=O) groups excluding carboxylic acids is 1. The fourth-order valence-electron chi connectivity index (χ4n) is 1.94. The van der Waals surface area contributed by atoms with Crippen LogP contribution in [0.1, 0.15) is 25.8 Å². The molecule has 1 aromatic rings. The molecule has 1 heterocycles. The highest BCUT2D eigenvalue weighted by Gasteiger charge is 2.22. The molecule has 7 heteroatoms. The van der Waals surface area contributed by atoms with Gasteiger partial charge in [0.15, 0.2) is 0 Å². The van der Waals surface area contributed by atoms with E-state index in [4.69, 9.17) is 11.6 Å². The van der Waals surface area contributed by atoms with Crippen LogP contribution in [0.2, 0.25) is 5.02 Å². The summed E-state index contributed by atoms with van der Waals surface area (Å²) >= 11 is 6.07. The Bertz CT molecular complexity index is 641. The van der Waals surface area contributed by atoms with E-state index in [1.807, 2.05) is 13.8 Å². The van der Waals surface area contributed by atoms with E-state index in [0.717, 1.165) is 5.56 Å². The van der Waals surface area contributed by atoms with E-state index in [1.165, 1.54) is 6.07 Å². The van der Waals surface area contributed by atoms with E-state index in [2.05, 4.69) is 10.0 Å². The molecule has 0 atom stereocenters. The van der Waals surface area contributed by atoms with Crippen molar-refractivity contribution in [3.05, 3.63) is 22.7 Å². The van der Waals surface area contributed by atoms with Gasteiger partial charge in [-0.1, -0.05) is 25.4 Å². The number of aryl methyl sites for hydroxylation is 1. The van der Waals surface area contributed by atoms with E-state index in [9.17, 15) is 13.2 Å². The van der Waals surface area contributed by atoms with Crippen molar-refractivity contribution in [3.8, 4) is 0 Å². The first kappa shape index (κ1) is 15.3. The molecule has 110 valence electrons. The van der Waals surface area contributed by atoms with Gasteiger partial charge >= 0.3 is 0 Å². The number of benzene rings is 1. The second-order valence-electron chi connectivity index (χ2n) is 5.23. The summed E-state index contributed by atoms with van der Waals surface area (Å²) in [5, 5.41) is 2.92. The quantitative estimate of drug-likeness (QED) is 0.893. The highest BCUT2D eigenvalue weighted by molar-refractivity contribution is 7.89. The number of anilines is 1. The molecule has 0 bridgehead atoms. The molecular weight excluding hydrogens is 300 g/mol. The molecule has 2 N–H and O–H groups in total. The molecule has 1 aliphatic heterocycles. The van der Waals surface area contributed by atoms with Crippen LogP contribution in [0.15, 0.2) is 17.0 Å². The number of hydrogen-bond donors (Lipinski definition) is 2. The van der Waals surface area contributed by atoms with E-state index < -0.39 is 10.0 Å². The zero-order valence-corrected chi connectivity index (χ0v) is 12.9. The van der Waals surface area contributed by atoms with Crippen LogP contribution < -0.4 is 10.0 Å². The van der Waals surface area contributed by atoms with E-state index in [1.54, 1.807) is 6.07 Å². The third-order valence-corrected chi connectivity index (χ3v) is 4.72. The van der Waals surface area contributed by atoms with Crippen LogP contribution in [-0.2, 0) is 21.2 Å². The smallest absolute Gasteiger partial charge is 0.240 e. The van der Waals surface area contributed by atoms with E-state index >= 15 is 0 Å². The number of halogens is 1. The van der Waals surface area contributed by atoms with Crippen molar-refractivity contribution in [2.75, 3.05) is 11.9 Å². The second-order valence-corrected chi connectivity index (χ2v) is 7.41. The third kappa shape index (κ3) is 3.31. The minimum Gasteiger partial charge on any atom is -0.325 e. The normalized spacial score (nSPS) is 15.1. The molecule has 0 fully saturated rings. The fourth-order valence-corrected chi connectivity index (χ4v) is 3.58. The molecule has 2 rings (SSSR count). The molecule has 1 amide bonds. The van der Waals surface area contributed by atoms with Crippen LogP contribution in [0, 0.1) is 5.92 Å². The van der Waals surface area contributed by atoms with Gasteiger partial charge < -0.3 is 5.32 Å². The lowest BCUT2D eigenvalue weighted by molar-refractivity contribution is -0.116. The molecule has 0 saturated heterocycles. The minimum atomic E-state index is -3.57. The average molecular weight is 317 g/mol. The van der Waals surface area contributed by atoms with Crippen LogP contribution in [0.5, 0.6) is 0 Å². The highest BCUT2D eigenvalue weighted by Crippen LogP contribution is 2.33. The number of amides is 1. The predicted octanol–water partition coefficient (Wildman–Crippen LogP) is 2.16. The summed E-state index contributed by atoms with van der Waals surface area (Å²) in [5.74, 6) is 0.116. The largest absolute Gasteiger partial charge is 0.325 e. The Morgan fingerprint density at radius 2 is 2.05 bits per heavy atom. The number of sulfonamides is 1. The van der Waals surface area contributed by atoms with Crippen molar-refractivity contribution in [1.82, 2.24) is 4.72 Å². The van der Waals surface area contributed by atoms with Crippen molar-refractivity contribution in [2.45, 2.75) is 31.6 Å². The molecule has 5 nitrogen and oxygen atoms in total. The molecule has 0 aliphatic carbocycles. The van der Waals surface area contributed by atoms with Gasteiger partial charge in [0.1, 0.15) is 0 Å². The van der Waals surface area contributed by atoms with Crippen molar-refractivity contribution >= 4 is 33.2 Å². The van der Waals surface area contributed by atoms with Crippen LogP contribution in [0.25, 0.3) is 0 Å². The number of carbonyl (C=O) groups is 1. The monoisotopic (exact) mass is 316 g/mol. The molecule has 0 unspecified atom stereocenters. The SMILES string of the molecule is CC(C)CNS(=O)(=O)c1cc(Cl)c2c(c1)CCC(=O)N2. The second kappa shape index (κ2) is 5.71. The van der Waals surface area contributed by atoms with Crippen LogP contribution in [0.4, 0.5) is 5.69 Å². The molecule has 0 saturated carbocycles. The van der Waals surface area contributed by atoms with Crippen molar-refractivity contribution in [3.63, 3.8) is 0 Å². The average Bonchev–Trinajstić information content (AvgIpc) is 2.37. The van der Waals surface area contributed by atoms with Crippen molar-refractivity contribution < 1.29 is 13.2 Å². The van der Waals surface area contributed by atoms with Crippen molar-refractivity contribution in [2.24, 2.45) is 5.92 Å². The Kier molecular flexibility index (Phi) is 4.36. The first-order valence-electron chi connectivity index (χ1n) is 6.41. The molecule has 20 heavy (non-hydrogen) atoms. The van der Waals surface area contributed by atoms with Gasteiger partial charge in [-0.3, -0.25) is 4.79 Å². The Balaban J connectivity index is 2.35. The minimum absolute atomic E-state index is 0.104. The Morgan fingerprint density at radius 3 is 2.70 bits per heavy atom. The first-order valence-corrected chi connectivity index (χ1v) is 8.27. The Hall–Kier alpha value is -1.11. The lowest BCUT2D eigenvalue weighted by atomic mass is 10.0. The molecule has 0 spiro atoms. The standard InChI is InChI=1S/C13H17ClN2O3S/c1-8(2)7-15-20(18,19)10-5-9-3-4-12(17)16-13(9)11(14)6-10/h5-6,8,15H,3-4,7H2,1-2H3,(H,16,17). The zero-order valence-electron chi connectivity index (χ0n) is 11.4. The summed E-state index contributed by atoms with van der Waals surface area (Å²) in [6.45, 7) is 4.23. The van der Waals surface area contributed by atoms with Crippen LogP contribution >= 0.6 is 11.6 Å². The maximum absolute atomic E-state index is 12.2. The summed E-state index contributed by atoms with van der Waals surface area (Å²) in [6, 6.07) is 2.94. The van der Waals surface area contributed by atoms with Gasteiger partial charge in [-0.05, 0) is 30.0 Å². The summed E-state index contributed by atoms with van der Waals surface area (Å²) in [7, 11) is -3.57. The van der Waals surface area contributed by atoms with Gasteiger partial charge in [0.05, 0.1) is 15.6 Å². The maximum atomic E-state index is 12.2. The van der Waals surface area contributed by atoms with Gasteiger partial charge in [-0.25, -0.2) is 13.1 Å². The summed E-state index contributed by atoms with van der Waals surface area (Å²) in [5.41, 5.74) is 1.27. The zero-order chi connectivity index (χ0) is 14.9. The molecule has 0 radical (unpaired) electrons. The number of fused-ring (bicyclic) bond motifs is 1. The van der Waals surface area contributed by atoms with Crippen LogP contribution in [0.3, 0.4) is 0 Å². The number of rotatable bonds is 4. The molecule has 0 aromatic heterocycles. The lowest BCUT2D eigenvalue weighted by Gasteiger charge is -2.19. The van der Waals surface area contributed by atoms with E-state index in [-0.39, 0.29) is 21.7 Å². The van der Waals surface area contributed by atoms with Gasteiger partial charge in [0.25, 0.3) is 0 Å². The van der Waals surface area contributed by atoms with Crippen molar-refractivity contribution in [1.29, 1.82) is 0 Å². The van der Waals surface area contributed by atoms with Gasteiger partial charge in [-0.2, -0.15) is 0 Å². The topological polar surface area (TPSA) is 75.3 Å². The van der Waals surface area contributed by atoms with Crippen LogP contribution in [-0.4, -0.2) is 20.9 Å². The maximum Gasteiger partial charge on any atom is 0.240 e. The highest BCUT2D eigenvalue weighted by atomic mass is 35.5. The Morgan fingerprint density at radius 1 is 1.35 bits per heavy atom. The summed E-state index contributed by atoms with van der Waals surface area (Å²) in [4.78, 5) is 11.5. The lowest BCUT2D eigenvalue weighted by Crippen LogP contribution is -2.28. The summed E-state index contributed by atoms with van der Waals surface area (Å²) < 4.78 is 26.9. The van der Waals surface area contributed by atoms with Gasteiger partial charge in [-0.15, -0.1) is 0 Å². The molecule has 1 aromatic carbocycles. The van der Waals surface area contributed by atoms with Gasteiger partial charge in [0.2, 0.25) is 15.9 Å².